The van der Waals surface area contributed by atoms with Gasteiger partial charge < -0.3 is 14.6 Å². The summed E-state index contributed by atoms with van der Waals surface area (Å²) in [6, 6.07) is 7.52. The molecule has 1 aliphatic rings. The van der Waals surface area contributed by atoms with E-state index in [0.717, 1.165) is 35.4 Å². The van der Waals surface area contributed by atoms with Gasteiger partial charge in [-0.2, -0.15) is 0 Å². The van der Waals surface area contributed by atoms with E-state index in [0.29, 0.717) is 25.3 Å². The van der Waals surface area contributed by atoms with Crippen molar-refractivity contribution < 1.29 is 9.53 Å². The van der Waals surface area contributed by atoms with Crippen molar-refractivity contribution in [3.8, 4) is 0 Å². The number of hydrogen-bond donors (Lipinski definition) is 1. The van der Waals surface area contributed by atoms with Crippen LogP contribution in [0.15, 0.2) is 36.8 Å². The first-order valence-electron chi connectivity index (χ1n) is 8.81. The van der Waals surface area contributed by atoms with Gasteiger partial charge in [0.25, 0.3) is 5.91 Å². The number of carbonyl (C=O) groups excluding carboxylic acids is 1. The Kier molecular flexibility index (Phi) is 4.62. The number of imidazole rings is 1. The highest BCUT2D eigenvalue weighted by atomic mass is 16.5. The molecule has 0 aliphatic carbocycles. The lowest BCUT2D eigenvalue weighted by atomic mass is 10.1. The highest BCUT2D eigenvalue weighted by Gasteiger charge is 2.25. The van der Waals surface area contributed by atoms with Crippen molar-refractivity contribution in [1.82, 2.24) is 24.8 Å². The van der Waals surface area contributed by atoms with Crippen LogP contribution in [0.2, 0.25) is 0 Å². The number of morpholine rings is 1. The third-order valence-corrected chi connectivity index (χ3v) is 4.64. The molecule has 3 aromatic rings. The third kappa shape index (κ3) is 3.57. The van der Waals surface area contributed by atoms with E-state index >= 15 is 0 Å². The molecule has 7 nitrogen and oxygen atoms in total. The molecule has 1 fully saturated rings. The van der Waals surface area contributed by atoms with Crippen LogP contribution in [0.5, 0.6) is 0 Å². The smallest absolute Gasteiger partial charge is 0.254 e. The first-order valence-corrected chi connectivity index (χ1v) is 8.81. The van der Waals surface area contributed by atoms with Gasteiger partial charge in [0.1, 0.15) is 12.2 Å². The second-order valence-corrected chi connectivity index (χ2v) is 6.54. The maximum Gasteiger partial charge on any atom is 0.254 e. The van der Waals surface area contributed by atoms with E-state index in [-0.39, 0.29) is 12.0 Å². The number of amides is 1. The molecule has 1 aliphatic heterocycles. The summed E-state index contributed by atoms with van der Waals surface area (Å²) in [4.78, 5) is 30.5. The average Bonchev–Trinajstić information content (AvgIpc) is 3.06. The summed E-state index contributed by atoms with van der Waals surface area (Å²) in [6.07, 6.45) is 4.97. The molecule has 0 saturated carbocycles. The molecule has 0 bridgehead atoms. The number of benzene rings is 1. The molecule has 7 heteroatoms. The van der Waals surface area contributed by atoms with Crippen molar-refractivity contribution in [3.05, 3.63) is 53.9 Å². The van der Waals surface area contributed by atoms with E-state index in [2.05, 4.69) is 19.9 Å². The molecule has 2 aromatic heterocycles. The van der Waals surface area contributed by atoms with Crippen molar-refractivity contribution in [2.24, 2.45) is 0 Å². The second kappa shape index (κ2) is 7.21. The summed E-state index contributed by atoms with van der Waals surface area (Å²) in [7, 11) is 0. The van der Waals surface area contributed by atoms with Gasteiger partial charge in [-0.25, -0.2) is 15.0 Å². The SMILES string of the molecule is Cc1nc2ccc(C(=O)N3CCO[C@H](CCc4ccncn4)C3)cc2[nH]1. The molecule has 3 heterocycles. The summed E-state index contributed by atoms with van der Waals surface area (Å²) in [5.41, 5.74) is 3.44. The number of ether oxygens (including phenoxy) is 1. The van der Waals surface area contributed by atoms with Crippen LogP contribution in [0.25, 0.3) is 11.0 Å². The highest BCUT2D eigenvalue weighted by molar-refractivity contribution is 5.97. The number of aryl methyl sites for hydroxylation is 2. The standard InChI is InChI=1S/C19H21N5O2/c1-13-22-17-5-2-14(10-18(17)23-13)19(25)24-8-9-26-16(11-24)4-3-15-6-7-20-12-21-15/h2,5-7,10,12,16H,3-4,8-9,11H2,1H3,(H,22,23)/t16-/m1/s1. The zero-order valence-corrected chi connectivity index (χ0v) is 14.7. The molecule has 0 radical (unpaired) electrons. The molecule has 1 amide bonds. The van der Waals surface area contributed by atoms with E-state index in [1.165, 1.54) is 0 Å². The first kappa shape index (κ1) is 16.7. The number of nitrogens with one attached hydrogen (secondary N) is 1. The Hall–Kier alpha value is -2.80. The predicted octanol–water partition coefficient (Wildman–Crippen LogP) is 2.14. The van der Waals surface area contributed by atoms with E-state index in [9.17, 15) is 4.79 Å². The molecule has 1 saturated heterocycles. The highest BCUT2D eigenvalue weighted by Crippen LogP contribution is 2.18. The van der Waals surface area contributed by atoms with Gasteiger partial charge in [0, 0.05) is 30.5 Å². The minimum atomic E-state index is 0.0285. The number of rotatable bonds is 4. The molecule has 0 spiro atoms. The number of aromatic amines is 1. The van der Waals surface area contributed by atoms with Gasteiger partial charge in [-0.3, -0.25) is 4.79 Å². The van der Waals surface area contributed by atoms with E-state index in [1.807, 2.05) is 36.1 Å². The third-order valence-electron chi connectivity index (χ3n) is 4.64. The summed E-state index contributed by atoms with van der Waals surface area (Å²) < 4.78 is 5.84. The monoisotopic (exact) mass is 351 g/mol. The fraction of sp³-hybridized carbons (Fsp3) is 0.368. The molecule has 4 rings (SSSR count). The summed E-state index contributed by atoms with van der Waals surface area (Å²) >= 11 is 0. The average molecular weight is 351 g/mol. The van der Waals surface area contributed by atoms with Crippen LogP contribution in [-0.2, 0) is 11.2 Å². The van der Waals surface area contributed by atoms with Crippen LogP contribution in [0.3, 0.4) is 0 Å². The quantitative estimate of drug-likeness (QED) is 0.778. The van der Waals surface area contributed by atoms with Crippen LogP contribution in [-0.4, -0.2) is 56.5 Å². The molecule has 1 aromatic carbocycles. The van der Waals surface area contributed by atoms with Gasteiger partial charge in [-0.1, -0.05) is 0 Å². The fourth-order valence-corrected chi connectivity index (χ4v) is 3.31. The van der Waals surface area contributed by atoms with E-state index in [1.54, 1.807) is 12.5 Å². The molecular weight excluding hydrogens is 330 g/mol. The van der Waals surface area contributed by atoms with Gasteiger partial charge in [-0.15, -0.1) is 0 Å². The molecule has 134 valence electrons. The maximum absolute atomic E-state index is 12.9. The van der Waals surface area contributed by atoms with Crippen LogP contribution < -0.4 is 0 Å². The zero-order valence-electron chi connectivity index (χ0n) is 14.7. The van der Waals surface area contributed by atoms with Crippen molar-refractivity contribution >= 4 is 16.9 Å². The number of aromatic nitrogens is 4. The summed E-state index contributed by atoms with van der Waals surface area (Å²) in [6.45, 7) is 3.68. The minimum absolute atomic E-state index is 0.0285. The van der Waals surface area contributed by atoms with E-state index in [4.69, 9.17) is 4.74 Å². The lowest BCUT2D eigenvalue weighted by molar-refractivity contribution is -0.0246. The van der Waals surface area contributed by atoms with Crippen molar-refractivity contribution in [2.45, 2.75) is 25.9 Å². The number of hydrogen-bond acceptors (Lipinski definition) is 5. The Bertz CT molecular complexity index is 909. The lowest BCUT2D eigenvalue weighted by Gasteiger charge is -2.33. The van der Waals surface area contributed by atoms with Gasteiger partial charge in [-0.05, 0) is 44.0 Å². The van der Waals surface area contributed by atoms with Crippen molar-refractivity contribution in [2.75, 3.05) is 19.7 Å². The number of H-pyrrole nitrogens is 1. The van der Waals surface area contributed by atoms with Crippen molar-refractivity contribution in [3.63, 3.8) is 0 Å². The number of fused-ring (bicyclic) bond motifs is 1. The first-order chi connectivity index (χ1) is 12.7. The summed E-state index contributed by atoms with van der Waals surface area (Å²) in [5, 5.41) is 0. The molecule has 1 atom stereocenters. The lowest BCUT2D eigenvalue weighted by Crippen LogP contribution is -2.45. The molecule has 1 N–H and O–H groups in total. The van der Waals surface area contributed by atoms with Crippen LogP contribution in [0.1, 0.15) is 28.3 Å². The van der Waals surface area contributed by atoms with Crippen LogP contribution in [0.4, 0.5) is 0 Å². The normalized spacial score (nSPS) is 17.6. The van der Waals surface area contributed by atoms with Gasteiger partial charge in [0.05, 0.1) is 23.7 Å². The summed E-state index contributed by atoms with van der Waals surface area (Å²) in [5.74, 6) is 0.884. The Morgan fingerprint density at radius 1 is 1.38 bits per heavy atom. The zero-order chi connectivity index (χ0) is 17.9. The largest absolute Gasteiger partial charge is 0.375 e. The predicted molar refractivity (Wildman–Crippen MR) is 96.8 cm³/mol. The van der Waals surface area contributed by atoms with E-state index < -0.39 is 0 Å². The van der Waals surface area contributed by atoms with Gasteiger partial charge in [0.2, 0.25) is 0 Å². The second-order valence-electron chi connectivity index (χ2n) is 6.54. The Morgan fingerprint density at radius 3 is 3.15 bits per heavy atom. The Morgan fingerprint density at radius 2 is 2.31 bits per heavy atom. The minimum Gasteiger partial charge on any atom is -0.375 e. The Balaban J connectivity index is 1.41. The van der Waals surface area contributed by atoms with Crippen molar-refractivity contribution in [1.29, 1.82) is 0 Å². The Labute approximate surface area is 151 Å². The topological polar surface area (TPSA) is 84.0 Å². The number of carbonyl (C=O) groups is 1. The molecule has 26 heavy (non-hydrogen) atoms. The fourth-order valence-electron chi connectivity index (χ4n) is 3.31. The van der Waals surface area contributed by atoms with Gasteiger partial charge >= 0.3 is 0 Å². The molecule has 0 unspecified atom stereocenters. The van der Waals surface area contributed by atoms with Crippen LogP contribution >= 0.6 is 0 Å². The maximum atomic E-state index is 12.9. The van der Waals surface area contributed by atoms with Crippen LogP contribution in [0, 0.1) is 6.92 Å². The van der Waals surface area contributed by atoms with Gasteiger partial charge in [0.15, 0.2) is 0 Å². The molecular formula is C19H21N5O2. The number of nitrogens with zero attached hydrogens (tertiary/aromatic N) is 4.